The van der Waals surface area contributed by atoms with E-state index in [1.807, 2.05) is 60.8 Å². The Kier molecular flexibility index (Phi) is 13.3. The Labute approximate surface area is 479 Å². The van der Waals surface area contributed by atoms with Crippen molar-refractivity contribution in [3.05, 3.63) is 240 Å². The second-order valence-electron chi connectivity index (χ2n) is 25.2. The fourth-order valence-corrected chi connectivity index (χ4v) is 11.7. The van der Waals surface area contributed by atoms with Crippen LogP contribution in [0.5, 0.6) is 11.5 Å². The van der Waals surface area contributed by atoms with E-state index in [-0.39, 0.29) is 28.5 Å². The molecule has 0 spiro atoms. The standard InChI is InChI=1S/C74H67F3N4O/c1-45-29-46(2)31-48(30-45)49-34-56(42-58(35-49)82-57-25-26-60-59-21-15-16-22-65(59)81(68(60)43-57)69-39-52(27-28-78-69)72(3,4)5)79-44-80(67-24-18-17-23-66(67)79)71-61(51-32-53(73(6,7)8)38-54(33-51)74(9,10)11)36-50(47-19-13-12-14-20-47)37-62(71)70-63(76)40-55(75)41-64(70)77/h12-43H,44H2,1-11H3. The Balaban J connectivity index is 1.07. The molecule has 0 radical (unpaired) electrons. The molecule has 9 aromatic carbocycles. The predicted molar refractivity (Wildman–Crippen MR) is 334 cm³/mol. The number of nitrogens with zero attached hydrogens (tertiary/aromatic N) is 4. The number of fused-ring (bicyclic) bond motifs is 4. The summed E-state index contributed by atoms with van der Waals surface area (Å²) in [5.41, 5.74) is 15.5. The molecule has 0 saturated heterocycles. The van der Waals surface area contributed by atoms with Gasteiger partial charge in [0.05, 0.1) is 33.7 Å². The first kappa shape index (κ1) is 53.7. The lowest BCUT2D eigenvalue weighted by molar-refractivity contribution is 0.483. The van der Waals surface area contributed by atoms with Crippen molar-refractivity contribution in [1.29, 1.82) is 0 Å². The number of halogens is 3. The van der Waals surface area contributed by atoms with Crippen LogP contribution in [0.25, 0.3) is 72.1 Å². The van der Waals surface area contributed by atoms with E-state index in [0.717, 1.165) is 112 Å². The van der Waals surface area contributed by atoms with Gasteiger partial charge in [0, 0.05) is 58.0 Å². The Bertz CT molecular complexity index is 4230. The Morgan fingerprint density at radius 1 is 0.439 bits per heavy atom. The molecule has 3 heterocycles. The van der Waals surface area contributed by atoms with Crippen molar-refractivity contribution in [3.63, 3.8) is 0 Å². The lowest BCUT2D eigenvalue weighted by atomic mass is 9.78. The summed E-state index contributed by atoms with van der Waals surface area (Å²) in [5.74, 6) is -0.871. The monoisotopic (exact) mass is 1080 g/mol. The first-order valence-corrected chi connectivity index (χ1v) is 28.2. The van der Waals surface area contributed by atoms with Gasteiger partial charge in [-0.05, 0) is 141 Å². The molecule has 8 heteroatoms. The van der Waals surface area contributed by atoms with Crippen LogP contribution in [0, 0.1) is 31.3 Å². The molecule has 11 aromatic rings. The van der Waals surface area contributed by atoms with Crippen LogP contribution in [0.4, 0.5) is 35.9 Å². The molecular weight excluding hydrogens is 1020 g/mol. The highest BCUT2D eigenvalue weighted by atomic mass is 19.1. The summed E-state index contributed by atoms with van der Waals surface area (Å²) in [6.45, 7) is 24.3. The van der Waals surface area contributed by atoms with Gasteiger partial charge in [-0.1, -0.05) is 171 Å². The van der Waals surface area contributed by atoms with Crippen molar-refractivity contribution in [1.82, 2.24) is 9.55 Å². The molecule has 2 aromatic heterocycles. The summed E-state index contributed by atoms with van der Waals surface area (Å²) in [4.78, 5) is 9.34. The number of pyridine rings is 1. The maximum Gasteiger partial charge on any atom is 0.137 e. The van der Waals surface area contributed by atoms with Crippen molar-refractivity contribution in [2.75, 3.05) is 16.5 Å². The fourth-order valence-electron chi connectivity index (χ4n) is 11.7. The summed E-state index contributed by atoms with van der Waals surface area (Å²) in [6, 6.07) is 62.2. The van der Waals surface area contributed by atoms with E-state index in [1.165, 1.54) is 5.56 Å². The van der Waals surface area contributed by atoms with Crippen LogP contribution in [0.1, 0.15) is 90.1 Å². The van der Waals surface area contributed by atoms with E-state index >= 15 is 13.2 Å². The molecule has 1 aliphatic heterocycles. The highest BCUT2D eigenvalue weighted by Crippen LogP contribution is 2.53. The number of hydrogen-bond acceptors (Lipinski definition) is 4. The van der Waals surface area contributed by atoms with Gasteiger partial charge in [-0.2, -0.15) is 0 Å². The lowest BCUT2D eigenvalue weighted by Gasteiger charge is -2.30. The predicted octanol–water partition coefficient (Wildman–Crippen LogP) is 20.8. The van der Waals surface area contributed by atoms with Crippen molar-refractivity contribution in [3.8, 4) is 61.8 Å². The minimum absolute atomic E-state index is 0.0830. The van der Waals surface area contributed by atoms with Crippen LogP contribution in [0.15, 0.2) is 194 Å². The minimum Gasteiger partial charge on any atom is -0.457 e. The average molecular weight is 1090 g/mol. The van der Waals surface area contributed by atoms with E-state index in [9.17, 15) is 0 Å². The molecule has 410 valence electrons. The van der Waals surface area contributed by atoms with Crippen LogP contribution >= 0.6 is 0 Å². The van der Waals surface area contributed by atoms with Crippen molar-refractivity contribution in [2.24, 2.45) is 0 Å². The van der Waals surface area contributed by atoms with E-state index in [0.29, 0.717) is 22.7 Å². The van der Waals surface area contributed by atoms with E-state index < -0.39 is 17.5 Å². The first-order chi connectivity index (χ1) is 39.0. The molecule has 1 aliphatic rings. The number of aromatic nitrogens is 2. The number of ether oxygens (including phenoxy) is 1. The van der Waals surface area contributed by atoms with Crippen molar-refractivity contribution in [2.45, 2.75) is 92.4 Å². The maximum atomic E-state index is 16.9. The third-order valence-corrected chi connectivity index (χ3v) is 16.0. The van der Waals surface area contributed by atoms with Gasteiger partial charge in [-0.25, -0.2) is 18.2 Å². The largest absolute Gasteiger partial charge is 0.457 e. The average Bonchev–Trinajstić information content (AvgIpc) is 4.12. The van der Waals surface area contributed by atoms with Gasteiger partial charge < -0.3 is 14.5 Å². The third-order valence-electron chi connectivity index (χ3n) is 16.0. The fraction of sp³-hybridized carbons (Fsp3) is 0.203. The molecule has 0 N–H and O–H groups in total. The smallest absolute Gasteiger partial charge is 0.137 e. The minimum atomic E-state index is -0.991. The van der Waals surface area contributed by atoms with Gasteiger partial charge in [0.2, 0.25) is 0 Å². The molecule has 0 amide bonds. The van der Waals surface area contributed by atoms with Crippen LogP contribution in [-0.4, -0.2) is 16.2 Å². The number of aryl methyl sites for hydroxylation is 2. The van der Waals surface area contributed by atoms with Crippen LogP contribution in [-0.2, 0) is 16.2 Å². The number of anilines is 4. The summed E-state index contributed by atoms with van der Waals surface area (Å²) in [6.07, 6.45) is 1.89. The van der Waals surface area contributed by atoms with Gasteiger partial charge in [0.25, 0.3) is 0 Å². The molecule has 0 unspecified atom stereocenters. The topological polar surface area (TPSA) is 33.5 Å². The molecule has 0 saturated carbocycles. The van der Waals surface area contributed by atoms with Crippen molar-refractivity contribution >= 4 is 44.6 Å². The Morgan fingerprint density at radius 3 is 1.70 bits per heavy atom. The third kappa shape index (κ3) is 10.1. The molecule has 82 heavy (non-hydrogen) atoms. The number of hydrogen-bond donors (Lipinski definition) is 0. The summed E-state index contributed by atoms with van der Waals surface area (Å²) < 4.78 is 58.2. The number of para-hydroxylation sites is 3. The van der Waals surface area contributed by atoms with Crippen LogP contribution in [0.2, 0.25) is 0 Å². The van der Waals surface area contributed by atoms with Gasteiger partial charge in [-0.3, -0.25) is 4.57 Å². The molecule has 0 aliphatic carbocycles. The van der Waals surface area contributed by atoms with Crippen molar-refractivity contribution < 1.29 is 17.9 Å². The van der Waals surface area contributed by atoms with E-state index in [1.54, 1.807) is 0 Å². The summed E-state index contributed by atoms with van der Waals surface area (Å²) in [5, 5.41) is 2.20. The Hall–Kier alpha value is -8.88. The highest BCUT2D eigenvalue weighted by molar-refractivity contribution is 6.09. The summed E-state index contributed by atoms with van der Waals surface area (Å²) in [7, 11) is 0. The second kappa shape index (κ2) is 20.3. The van der Waals surface area contributed by atoms with Gasteiger partial charge in [-0.15, -0.1) is 0 Å². The molecule has 0 bridgehead atoms. The maximum absolute atomic E-state index is 16.9. The summed E-state index contributed by atoms with van der Waals surface area (Å²) >= 11 is 0. The zero-order valence-electron chi connectivity index (χ0n) is 48.5. The quantitative estimate of drug-likeness (QED) is 0.144. The molecule has 12 rings (SSSR count). The number of rotatable bonds is 9. The first-order valence-electron chi connectivity index (χ1n) is 28.2. The van der Waals surface area contributed by atoms with Crippen LogP contribution < -0.4 is 14.5 Å². The van der Waals surface area contributed by atoms with Gasteiger partial charge >= 0.3 is 0 Å². The zero-order valence-corrected chi connectivity index (χ0v) is 48.5. The normalized spacial score (nSPS) is 12.9. The molecular formula is C74H67F3N4O. The second-order valence-corrected chi connectivity index (χ2v) is 25.2. The van der Waals surface area contributed by atoms with Gasteiger partial charge in [0.1, 0.15) is 41.4 Å². The van der Waals surface area contributed by atoms with Gasteiger partial charge in [0.15, 0.2) is 0 Å². The molecule has 0 fully saturated rings. The van der Waals surface area contributed by atoms with Crippen LogP contribution in [0.3, 0.4) is 0 Å². The molecule has 0 atom stereocenters. The Morgan fingerprint density at radius 2 is 1.02 bits per heavy atom. The zero-order chi connectivity index (χ0) is 57.6. The molecule has 5 nitrogen and oxygen atoms in total. The lowest BCUT2D eigenvalue weighted by Crippen LogP contribution is -2.25. The number of benzene rings is 9. The highest BCUT2D eigenvalue weighted by Gasteiger charge is 2.35. The SMILES string of the molecule is Cc1cc(C)cc(-c2cc(Oc3ccc4c5ccccc5n(-c5cc(C(C)(C)C)ccn5)c4c3)cc(N3CN(c4c(-c5cc(C(C)(C)C)cc(C(C)(C)C)c5)cc(-c5ccccc5)cc4-c4c(F)cc(F)cc4F)c4ccccc43)c2)c1. The van der Waals surface area contributed by atoms with E-state index in [2.05, 4.69) is 212 Å². The van der Waals surface area contributed by atoms with E-state index in [4.69, 9.17) is 9.72 Å².